The van der Waals surface area contributed by atoms with E-state index in [9.17, 15) is 10.1 Å². The Labute approximate surface area is 212 Å². The molecule has 0 aromatic carbocycles. The average molecular weight is 490 g/mol. The summed E-state index contributed by atoms with van der Waals surface area (Å²) in [5, 5.41) is 23.0. The second-order valence-electron chi connectivity index (χ2n) is 10.5. The number of fused-ring (bicyclic) bond motifs is 1. The molecule has 0 radical (unpaired) electrons. The third kappa shape index (κ3) is 5.85. The van der Waals surface area contributed by atoms with Gasteiger partial charge in [-0.2, -0.15) is 10.4 Å². The van der Waals surface area contributed by atoms with Crippen LogP contribution in [0.25, 0.3) is 16.6 Å². The first kappa shape index (κ1) is 25.6. The molecule has 8 nitrogen and oxygen atoms in total. The number of rotatable bonds is 10. The van der Waals surface area contributed by atoms with E-state index in [1.807, 2.05) is 24.4 Å². The molecule has 0 saturated carbocycles. The zero-order valence-electron chi connectivity index (χ0n) is 21.4. The van der Waals surface area contributed by atoms with Crippen molar-refractivity contribution < 1.29 is 14.6 Å². The van der Waals surface area contributed by atoms with Gasteiger partial charge in [-0.1, -0.05) is 20.8 Å². The van der Waals surface area contributed by atoms with Gasteiger partial charge in [0.1, 0.15) is 30.0 Å². The lowest BCUT2D eigenvalue weighted by atomic mass is 9.75. The number of Topliss-reactive ketones (excluding diaryl/α,β-unsaturated/α-hetero) is 1. The summed E-state index contributed by atoms with van der Waals surface area (Å²) in [6.45, 7) is 8.39. The van der Waals surface area contributed by atoms with Gasteiger partial charge in [-0.05, 0) is 48.8 Å². The van der Waals surface area contributed by atoms with Crippen molar-refractivity contribution in [2.45, 2.75) is 52.9 Å². The van der Waals surface area contributed by atoms with E-state index in [-0.39, 0.29) is 18.6 Å². The zero-order valence-corrected chi connectivity index (χ0v) is 21.4. The lowest BCUT2D eigenvalue weighted by Crippen LogP contribution is -2.40. The first-order chi connectivity index (χ1) is 17.3. The molecule has 0 bridgehead atoms. The summed E-state index contributed by atoms with van der Waals surface area (Å²) in [6.07, 6.45) is 9.31. The second-order valence-corrected chi connectivity index (χ2v) is 10.5. The molecule has 0 unspecified atom stereocenters. The quantitative estimate of drug-likeness (QED) is 0.442. The van der Waals surface area contributed by atoms with E-state index in [2.05, 4.69) is 36.8 Å². The Hall–Kier alpha value is -3.44. The second kappa shape index (κ2) is 11.1. The monoisotopic (exact) mass is 489 g/mol. The van der Waals surface area contributed by atoms with Gasteiger partial charge in [0, 0.05) is 43.3 Å². The van der Waals surface area contributed by atoms with E-state index in [4.69, 9.17) is 14.8 Å². The van der Waals surface area contributed by atoms with Gasteiger partial charge >= 0.3 is 0 Å². The Balaban J connectivity index is 1.48. The lowest BCUT2D eigenvalue weighted by Gasteiger charge is -2.39. The van der Waals surface area contributed by atoms with Crippen molar-refractivity contribution in [1.29, 1.82) is 5.26 Å². The number of aromatic nitrogens is 3. The fraction of sp³-hybridized carbons (Fsp3) is 0.500. The highest BCUT2D eigenvalue weighted by atomic mass is 16.5. The maximum atomic E-state index is 12.5. The molecule has 0 atom stereocenters. The van der Waals surface area contributed by atoms with Crippen molar-refractivity contribution in [3.63, 3.8) is 0 Å². The number of aliphatic hydroxyl groups is 1. The van der Waals surface area contributed by atoms with E-state index in [1.165, 1.54) is 6.20 Å². The molecular formula is C28H35N5O3. The van der Waals surface area contributed by atoms with Crippen LogP contribution in [0.15, 0.2) is 36.8 Å². The highest BCUT2D eigenvalue weighted by Crippen LogP contribution is 2.37. The Bertz CT molecular complexity index is 1230. The molecule has 1 saturated heterocycles. The Morgan fingerprint density at radius 2 is 2.06 bits per heavy atom. The zero-order chi connectivity index (χ0) is 25.7. The highest BCUT2D eigenvalue weighted by molar-refractivity contribution is 5.85. The Kier molecular flexibility index (Phi) is 7.90. The van der Waals surface area contributed by atoms with Crippen LogP contribution < -0.4 is 9.64 Å². The summed E-state index contributed by atoms with van der Waals surface area (Å²) in [5.41, 5.74) is 2.87. The van der Waals surface area contributed by atoms with Gasteiger partial charge in [0.2, 0.25) is 0 Å². The van der Waals surface area contributed by atoms with Crippen molar-refractivity contribution in [3.8, 4) is 22.9 Å². The Morgan fingerprint density at radius 3 is 2.69 bits per heavy atom. The number of hydrogen-bond donors (Lipinski definition) is 1. The molecule has 4 heterocycles. The molecule has 0 spiro atoms. The van der Waals surface area contributed by atoms with Gasteiger partial charge < -0.3 is 14.7 Å². The molecule has 36 heavy (non-hydrogen) atoms. The number of hydrogen-bond acceptors (Lipinski definition) is 7. The van der Waals surface area contributed by atoms with Crippen LogP contribution in [-0.2, 0) is 4.79 Å². The molecule has 0 aliphatic carbocycles. The number of carbonyl (C=O) groups excluding carboxylic acids is 1. The van der Waals surface area contributed by atoms with E-state index in [0.717, 1.165) is 49.3 Å². The summed E-state index contributed by atoms with van der Waals surface area (Å²) < 4.78 is 7.24. The fourth-order valence-corrected chi connectivity index (χ4v) is 4.84. The average Bonchev–Trinajstić information content (AvgIpc) is 3.29. The van der Waals surface area contributed by atoms with Crippen LogP contribution >= 0.6 is 0 Å². The SMILES string of the molecule is CC(C)CCC(=O)CC1(C)CCN(c2ccc(-c3cc(OCCO)cn4ncc(C#N)c34)cn2)CC1. The number of ether oxygens (including phenoxy) is 1. The molecule has 1 aliphatic heterocycles. The predicted molar refractivity (Wildman–Crippen MR) is 139 cm³/mol. The molecular weight excluding hydrogens is 454 g/mol. The molecule has 3 aromatic heterocycles. The van der Waals surface area contributed by atoms with Crippen molar-refractivity contribution in [1.82, 2.24) is 14.6 Å². The first-order valence-electron chi connectivity index (χ1n) is 12.7. The summed E-state index contributed by atoms with van der Waals surface area (Å²) in [7, 11) is 0. The number of nitrogens with zero attached hydrogens (tertiary/aromatic N) is 5. The number of piperidine rings is 1. The molecule has 0 amide bonds. The molecule has 1 N–H and O–H groups in total. The van der Waals surface area contributed by atoms with E-state index >= 15 is 0 Å². The van der Waals surface area contributed by atoms with E-state index in [1.54, 1.807) is 10.7 Å². The van der Waals surface area contributed by atoms with E-state index in [0.29, 0.717) is 41.4 Å². The minimum Gasteiger partial charge on any atom is -0.490 e. The first-order valence-corrected chi connectivity index (χ1v) is 12.7. The van der Waals surface area contributed by atoms with Crippen LogP contribution in [0.4, 0.5) is 5.82 Å². The van der Waals surface area contributed by atoms with Crippen LogP contribution in [0.3, 0.4) is 0 Å². The van der Waals surface area contributed by atoms with Crippen LogP contribution in [0.5, 0.6) is 5.75 Å². The lowest BCUT2D eigenvalue weighted by molar-refractivity contribution is -0.121. The molecule has 4 rings (SSSR count). The van der Waals surface area contributed by atoms with Crippen LogP contribution in [0.2, 0.25) is 0 Å². The van der Waals surface area contributed by atoms with Crippen LogP contribution in [0.1, 0.15) is 58.4 Å². The van der Waals surface area contributed by atoms with Gasteiger partial charge in [0.05, 0.1) is 30.1 Å². The van der Waals surface area contributed by atoms with Gasteiger partial charge in [-0.25, -0.2) is 9.50 Å². The third-order valence-electron chi connectivity index (χ3n) is 7.05. The van der Waals surface area contributed by atoms with Crippen molar-refractivity contribution >= 4 is 17.1 Å². The third-order valence-corrected chi connectivity index (χ3v) is 7.05. The number of anilines is 1. The minimum absolute atomic E-state index is 0.0564. The fourth-order valence-electron chi connectivity index (χ4n) is 4.84. The summed E-state index contributed by atoms with van der Waals surface area (Å²) in [4.78, 5) is 19.5. The van der Waals surface area contributed by atoms with Crippen molar-refractivity contribution in [2.75, 3.05) is 31.2 Å². The molecule has 1 fully saturated rings. The highest BCUT2D eigenvalue weighted by Gasteiger charge is 2.32. The van der Waals surface area contributed by atoms with Crippen LogP contribution in [0, 0.1) is 22.7 Å². The van der Waals surface area contributed by atoms with E-state index < -0.39 is 0 Å². The number of aliphatic hydroxyl groups excluding tert-OH is 1. The summed E-state index contributed by atoms with van der Waals surface area (Å²) in [5.74, 6) is 2.41. The smallest absolute Gasteiger partial charge is 0.138 e. The minimum atomic E-state index is -0.0901. The molecule has 190 valence electrons. The van der Waals surface area contributed by atoms with Crippen LogP contribution in [-0.4, -0.2) is 51.8 Å². The van der Waals surface area contributed by atoms with Gasteiger partial charge in [-0.3, -0.25) is 4.79 Å². The van der Waals surface area contributed by atoms with Gasteiger partial charge in [0.15, 0.2) is 0 Å². The summed E-state index contributed by atoms with van der Waals surface area (Å²) in [6, 6.07) is 8.07. The van der Waals surface area contributed by atoms with Crippen molar-refractivity contribution in [2.24, 2.45) is 11.3 Å². The maximum Gasteiger partial charge on any atom is 0.138 e. The standard InChI is InChI=1S/C28H35N5O3/c1-20(2)4-6-23(35)15-28(3)8-10-32(11-9-28)26-7-5-21(17-30-26)25-14-24(36-13-12-34)19-33-27(25)22(16-29)18-31-33/h5,7,14,17-20,34H,4,6,8-13,15H2,1-3H3. The predicted octanol–water partition coefficient (Wildman–Crippen LogP) is 4.64. The number of pyridine rings is 2. The Morgan fingerprint density at radius 1 is 1.28 bits per heavy atom. The van der Waals surface area contributed by atoms with Crippen molar-refractivity contribution in [3.05, 3.63) is 42.4 Å². The maximum absolute atomic E-state index is 12.5. The number of nitriles is 1. The topological polar surface area (TPSA) is 104 Å². The molecule has 1 aliphatic rings. The number of carbonyl (C=O) groups is 1. The largest absolute Gasteiger partial charge is 0.490 e. The number of ketones is 1. The van der Waals surface area contributed by atoms with Gasteiger partial charge in [0.25, 0.3) is 0 Å². The van der Waals surface area contributed by atoms with Gasteiger partial charge in [-0.15, -0.1) is 0 Å². The summed E-state index contributed by atoms with van der Waals surface area (Å²) >= 11 is 0. The molecule has 3 aromatic rings. The normalized spacial score (nSPS) is 15.3. The molecule has 8 heteroatoms.